The van der Waals surface area contributed by atoms with E-state index in [0.29, 0.717) is 12.2 Å². The van der Waals surface area contributed by atoms with Crippen molar-refractivity contribution in [3.8, 4) is 0 Å². The van der Waals surface area contributed by atoms with Gasteiger partial charge in [0.15, 0.2) is 0 Å². The van der Waals surface area contributed by atoms with Gasteiger partial charge >= 0.3 is 0 Å². The quantitative estimate of drug-likeness (QED) is 0.517. The summed E-state index contributed by atoms with van der Waals surface area (Å²) in [6.07, 6.45) is 0. The lowest BCUT2D eigenvalue weighted by molar-refractivity contribution is 0.307. The molecule has 20 heavy (non-hydrogen) atoms. The number of hydrogen-bond donors (Lipinski definition) is 3. The Kier molecular flexibility index (Phi) is 5.67. The van der Waals surface area contributed by atoms with Gasteiger partial charge in [-0.3, -0.25) is 5.84 Å². The molecule has 1 aliphatic rings. The molecule has 6 nitrogen and oxygen atoms in total. The number of nitrogen functional groups attached to an aromatic ring is 1. The molecule has 112 valence electrons. The van der Waals surface area contributed by atoms with Crippen LogP contribution in [0.4, 0.5) is 5.69 Å². The van der Waals surface area contributed by atoms with Crippen LogP contribution in [0.25, 0.3) is 0 Å². The van der Waals surface area contributed by atoms with Gasteiger partial charge in [0, 0.05) is 43.4 Å². The number of benzene rings is 1. The summed E-state index contributed by atoms with van der Waals surface area (Å²) in [5, 5.41) is 0. The van der Waals surface area contributed by atoms with Crippen LogP contribution in [0, 0.1) is 0 Å². The van der Waals surface area contributed by atoms with E-state index in [2.05, 4.69) is 15.0 Å². The van der Waals surface area contributed by atoms with Gasteiger partial charge in [-0.15, -0.1) is 0 Å². The minimum absolute atomic E-state index is 0.255. The first-order valence-corrected chi connectivity index (χ1v) is 9.12. The fourth-order valence-corrected chi connectivity index (χ4v) is 3.98. The Morgan fingerprint density at radius 2 is 1.85 bits per heavy atom. The summed E-state index contributed by atoms with van der Waals surface area (Å²) >= 11 is 1.94. The van der Waals surface area contributed by atoms with Crippen molar-refractivity contribution in [2.75, 3.05) is 43.1 Å². The second-order valence-electron chi connectivity index (χ2n) is 4.52. The van der Waals surface area contributed by atoms with Crippen molar-refractivity contribution >= 4 is 27.5 Å². The van der Waals surface area contributed by atoms with Gasteiger partial charge in [0.1, 0.15) is 0 Å². The molecule has 0 saturated carbocycles. The largest absolute Gasteiger partial charge is 0.324 e. The molecule has 4 N–H and O–H groups in total. The van der Waals surface area contributed by atoms with Crippen LogP contribution in [0.5, 0.6) is 0 Å². The molecule has 1 aromatic carbocycles. The molecule has 0 aromatic heterocycles. The zero-order chi connectivity index (χ0) is 14.4. The molecule has 1 aromatic rings. The van der Waals surface area contributed by atoms with E-state index in [9.17, 15) is 8.42 Å². The Morgan fingerprint density at radius 1 is 1.20 bits per heavy atom. The van der Waals surface area contributed by atoms with Crippen molar-refractivity contribution < 1.29 is 8.42 Å². The molecule has 1 aliphatic heterocycles. The Balaban J connectivity index is 1.86. The van der Waals surface area contributed by atoms with Crippen LogP contribution < -0.4 is 16.0 Å². The predicted octanol–water partition coefficient (Wildman–Crippen LogP) is 0.299. The zero-order valence-electron chi connectivity index (χ0n) is 11.2. The lowest BCUT2D eigenvalue weighted by Gasteiger charge is -2.25. The van der Waals surface area contributed by atoms with Crippen LogP contribution in [-0.4, -0.2) is 51.0 Å². The number of nitrogens with two attached hydrogens (primary N) is 1. The van der Waals surface area contributed by atoms with Crippen LogP contribution in [-0.2, 0) is 10.0 Å². The maximum absolute atomic E-state index is 12.1. The summed E-state index contributed by atoms with van der Waals surface area (Å²) in [7, 11) is -3.44. The molecular weight excluding hydrogens is 296 g/mol. The number of sulfonamides is 1. The first-order valence-electron chi connectivity index (χ1n) is 6.48. The third kappa shape index (κ3) is 4.35. The fourth-order valence-electron chi connectivity index (χ4n) is 1.98. The van der Waals surface area contributed by atoms with Crippen molar-refractivity contribution in [1.29, 1.82) is 0 Å². The number of hydrogen-bond acceptors (Lipinski definition) is 6. The van der Waals surface area contributed by atoms with Gasteiger partial charge in [-0.25, -0.2) is 13.1 Å². The van der Waals surface area contributed by atoms with E-state index < -0.39 is 10.0 Å². The standard InChI is InChI=1S/C12H20N4O2S2/c13-15-11-1-3-12(4-2-11)20(17,18)14-5-6-16-7-9-19-10-8-16/h1-4,14-15H,5-10,13H2. The SMILES string of the molecule is NNc1ccc(S(=O)(=O)NCCN2CCSCC2)cc1. The van der Waals surface area contributed by atoms with E-state index in [4.69, 9.17) is 5.84 Å². The summed E-state index contributed by atoms with van der Waals surface area (Å²) in [5.41, 5.74) is 3.14. The second kappa shape index (κ2) is 7.28. The van der Waals surface area contributed by atoms with E-state index in [1.165, 1.54) is 12.1 Å². The molecule has 0 bridgehead atoms. The highest BCUT2D eigenvalue weighted by atomic mass is 32.2. The Hall–Kier alpha value is -0.800. The van der Waals surface area contributed by atoms with Gasteiger partial charge in [0.05, 0.1) is 4.90 Å². The van der Waals surface area contributed by atoms with E-state index >= 15 is 0 Å². The Morgan fingerprint density at radius 3 is 2.45 bits per heavy atom. The maximum atomic E-state index is 12.1. The highest BCUT2D eigenvalue weighted by Crippen LogP contribution is 2.13. The van der Waals surface area contributed by atoms with Crippen LogP contribution >= 0.6 is 11.8 Å². The van der Waals surface area contributed by atoms with Gasteiger partial charge in [-0.1, -0.05) is 0 Å². The van der Waals surface area contributed by atoms with Crippen molar-refractivity contribution in [3.05, 3.63) is 24.3 Å². The molecular formula is C12H20N4O2S2. The summed E-state index contributed by atoms with van der Waals surface area (Å²) < 4.78 is 26.8. The summed E-state index contributed by atoms with van der Waals surface area (Å²) in [6.45, 7) is 3.25. The smallest absolute Gasteiger partial charge is 0.240 e. The molecule has 8 heteroatoms. The average molecular weight is 316 g/mol. The number of nitrogens with zero attached hydrogens (tertiary/aromatic N) is 1. The normalized spacial score (nSPS) is 17.1. The number of thioether (sulfide) groups is 1. The van der Waals surface area contributed by atoms with Gasteiger partial charge in [-0.05, 0) is 24.3 Å². The van der Waals surface area contributed by atoms with E-state index in [1.807, 2.05) is 11.8 Å². The first-order chi connectivity index (χ1) is 9.62. The van der Waals surface area contributed by atoms with Crippen molar-refractivity contribution in [1.82, 2.24) is 9.62 Å². The lowest BCUT2D eigenvalue weighted by atomic mass is 10.3. The molecule has 0 atom stereocenters. The Labute approximate surface area is 124 Å². The minimum Gasteiger partial charge on any atom is -0.324 e. The summed E-state index contributed by atoms with van der Waals surface area (Å²) in [5.74, 6) is 7.50. The third-order valence-electron chi connectivity index (χ3n) is 3.16. The third-order valence-corrected chi connectivity index (χ3v) is 5.57. The van der Waals surface area contributed by atoms with E-state index in [-0.39, 0.29) is 4.90 Å². The van der Waals surface area contributed by atoms with Gasteiger partial charge < -0.3 is 10.3 Å². The highest BCUT2D eigenvalue weighted by Gasteiger charge is 2.15. The molecule has 0 spiro atoms. The maximum Gasteiger partial charge on any atom is 0.240 e. The number of rotatable bonds is 6. The Bertz CT molecular complexity index is 513. The van der Waals surface area contributed by atoms with Gasteiger partial charge in [0.25, 0.3) is 0 Å². The van der Waals surface area contributed by atoms with Crippen LogP contribution in [0.1, 0.15) is 0 Å². The number of anilines is 1. The number of nitrogens with one attached hydrogen (secondary N) is 2. The minimum atomic E-state index is -3.44. The zero-order valence-corrected chi connectivity index (χ0v) is 12.8. The lowest BCUT2D eigenvalue weighted by Crippen LogP contribution is -2.39. The first kappa shape index (κ1) is 15.6. The van der Waals surface area contributed by atoms with Crippen molar-refractivity contribution in [3.63, 3.8) is 0 Å². The predicted molar refractivity (Wildman–Crippen MR) is 83.2 cm³/mol. The second-order valence-corrected chi connectivity index (χ2v) is 7.51. The average Bonchev–Trinajstić information content (AvgIpc) is 2.48. The topological polar surface area (TPSA) is 87.5 Å². The van der Waals surface area contributed by atoms with Gasteiger partial charge in [-0.2, -0.15) is 11.8 Å². The van der Waals surface area contributed by atoms with E-state index in [1.54, 1.807) is 12.1 Å². The fraction of sp³-hybridized carbons (Fsp3) is 0.500. The molecule has 0 amide bonds. The molecule has 0 unspecified atom stereocenters. The highest BCUT2D eigenvalue weighted by molar-refractivity contribution is 7.99. The molecule has 1 fully saturated rings. The monoisotopic (exact) mass is 316 g/mol. The summed E-state index contributed by atoms with van der Waals surface area (Å²) in [6, 6.07) is 6.34. The van der Waals surface area contributed by atoms with Crippen LogP contribution in [0.2, 0.25) is 0 Å². The van der Waals surface area contributed by atoms with Gasteiger partial charge in [0.2, 0.25) is 10.0 Å². The molecule has 1 heterocycles. The molecule has 1 saturated heterocycles. The summed E-state index contributed by atoms with van der Waals surface area (Å²) in [4.78, 5) is 2.53. The molecule has 2 rings (SSSR count). The van der Waals surface area contributed by atoms with Crippen LogP contribution in [0.3, 0.4) is 0 Å². The van der Waals surface area contributed by atoms with E-state index in [0.717, 1.165) is 31.1 Å². The molecule has 0 aliphatic carbocycles. The number of hydrazine groups is 1. The van der Waals surface area contributed by atoms with Crippen LogP contribution in [0.15, 0.2) is 29.2 Å². The van der Waals surface area contributed by atoms with Crippen molar-refractivity contribution in [2.24, 2.45) is 5.84 Å². The molecule has 0 radical (unpaired) electrons. The van der Waals surface area contributed by atoms with Crippen molar-refractivity contribution in [2.45, 2.75) is 4.90 Å².